The van der Waals surface area contributed by atoms with Gasteiger partial charge in [0.15, 0.2) is 0 Å². The number of benzene rings is 3. The van der Waals surface area contributed by atoms with Crippen LogP contribution in [0, 0.1) is 6.92 Å². The van der Waals surface area contributed by atoms with Crippen molar-refractivity contribution < 1.29 is 14.9 Å². The molecule has 0 spiro atoms. The van der Waals surface area contributed by atoms with Crippen LogP contribution in [0.2, 0.25) is 0 Å². The van der Waals surface area contributed by atoms with Crippen molar-refractivity contribution in [1.82, 2.24) is 0 Å². The zero-order valence-corrected chi connectivity index (χ0v) is 18.7. The molecular formula is C29H32O3. The monoisotopic (exact) mass is 428 g/mol. The molecule has 0 amide bonds. The number of rotatable bonds is 6. The third-order valence-electron chi connectivity index (χ3n) is 7.32. The maximum absolute atomic E-state index is 10.3. The van der Waals surface area contributed by atoms with Crippen LogP contribution in [0.25, 0.3) is 0 Å². The van der Waals surface area contributed by atoms with Gasteiger partial charge in [0.25, 0.3) is 0 Å². The van der Waals surface area contributed by atoms with E-state index in [-0.39, 0.29) is 12.7 Å². The normalized spacial score (nSPS) is 26.8. The quantitative estimate of drug-likeness (QED) is 0.544. The molecule has 1 fully saturated rings. The second kappa shape index (κ2) is 8.73. The van der Waals surface area contributed by atoms with Gasteiger partial charge < -0.3 is 14.9 Å². The smallest absolute Gasteiger partial charge is 0.119 e. The molecule has 0 aliphatic heterocycles. The van der Waals surface area contributed by atoms with Gasteiger partial charge in [-0.05, 0) is 66.5 Å². The van der Waals surface area contributed by atoms with Crippen molar-refractivity contribution >= 4 is 0 Å². The molecule has 3 aromatic carbocycles. The minimum absolute atomic E-state index is 0.0168. The summed E-state index contributed by atoms with van der Waals surface area (Å²) in [5, 5.41) is 19.4. The number of aryl methyl sites for hydroxylation is 2. The Morgan fingerprint density at radius 3 is 2.41 bits per heavy atom. The molecule has 0 radical (unpaired) electrons. The van der Waals surface area contributed by atoms with Crippen molar-refractivity contribution in [3.8, 4) is 5.75 Å². The summed E-state index contributed by atoms with van der Waals surface area (Å²) in [7, 11) is 0. The van der Waals surface area contributed by atoms with Crippen LogP contribution in [-0.2, 0) is 6.42 Å². The second-order valence-corrected chi connectivity index (χ2v) is 9.65. The maximum Gasteiger partial charge on any atom is 0.119 e. The molecular weight excluding hydrogens is 396 g/mol. The van der Waals surface area contributed by atoms with E-state index in [2.05, 4.69) is 79.7 Å². The van der Waals surface area contributed by atoms with Crippen LogP contribution in [0.4, 0.5) is 0 Å². The fourth-order valence-electron chi connectivity index (χ4n) is 5.65. The lowest BCUT2D eigenvalue weighted by Crippen LogP contribution is -2.50. The molecule has 32 heavy (non-hydrogen) atoms. The molecule has 2 atom stereocenters. The average molecular weight is 429 g/mol. The van der Waals surface area contributed by atoms with Gasteiger partial charge in [-0.2, -0.15) is 0 Å². The van der Waals surface area contributed by atoms with Gasteiger partial charge in [0.2, 0.25) is 0 Å². The average Bonchev–Trinajstić information content (AvgIpc) is 2.78. The van der Waals surface area contributed by atoms with E-state index in [0.717, 1.165) is 18.6 Å². The molecule has 166 valence electrons. The molecule has 0 unspecified atom stereocenters. The fourth-order valence-corrected chi connectivity index (χ4v) is 5.65. The molecule has 3 heteroatoms. The number of fused-ring (bicyclic) bond motifs is 1. The molecule has 1 saturated carbocycles. The van der Waals surface area contributed by atoms with E-state index in [4.69, 9.17) is 9.84 Å². The van der Waals surface area contributed by atoms with Crippen molar-refractivity contribution in [1.29, 1.82) is 0 Å². The lowest BCUT2D eigenvalue weighted by Gasteiger charge is -2.43. The minimum Gasteiger partial charge on any atom is -0.490 e. The predicted octanol–water partition coefficient (Wildman–Crippen LogP) is 5.51. The van der Waals surface area contributed by atoms with Crippen LogP contribution in [0.1, 0.15) is 65.3 Å². The molecule has 0 saturated heterocycles. The SMILES string of the molecule is Cc1ccc2c(c1)CC[C@H](c1ccccc1)[C@@H]2c1ccc(OC2CC(O)(CCO)C2)cc1. The third kappa shape index (κ3) is 4.20. The van der Waals surface area contributed by atoms with Gasteiger partial charge >= 0.3 is 0 Å². The fraction of sp³-hybridized carbons (Fsp3) is 0.379. The first kappa shape index (κ1) is 21.2. The summed E-state index contributed by atoms with van der Waals surface area (Å²) in [6, 6.07) is 26.4. The molecule has 2 N–H and O–H groups in total. The van der Waals surface area contributed by atoms with Gasteiger partial charge in [-0.25, -0.2) is 0 Å². The van der Waals surface area contributed by atoms with Crippen LogP contribution in [0.3, 0.4) is 0 Å². The zero-order chi connectivity index (χ0) is 22.1. The van der Waals surface area contributed by atoms with E-state index in [9.17, 15) is 5.11 Å². The first-order chi connectivity index (χ1) is 15.5. The Bertz CT molecular complexity index is 1050. The van der Waals surface area contributed by atoms with Crippen LogP contribution in [-0.4, -0.2) is 28.5 Å². The second-order valence-electron chi connectivity index (χ2n) is 9.65. The summed E-state index contributed by atoms with van der Waals surface area (Å²) in [5.41, 5.74) is 6.21. The van der Waals surface area contributed by atoms with Gasteiger partial charge in [-0.3, -0.25) is 0 Å². The lowest BCUT2D eigenvalue weighted by atomic mass is 9.69. The first-order valence-electron chi connectivity index (χ1n) is 11.8. The van der Waals surface area contributed by atoms with Crippen molar-refractivity contribution in [2.45, 2.75) is 62.6 Å². The summed E-state index contributed by atoms with van der Waals surface area (Å²) in [6.07, 6.45) is 3.88. The first-order valence-corrected chi connectivity index (χ1v) is 11.8. The highest BCUT2D eigenvalue weighted by atomic mass is 16.5. The Balaban J connectivity index is 1.40. The summed E-state index contributed by atoms with van der Waals surface area (Å²) in [5.74, 6) is 1.63. The Hall–Kier alpha value is -2.62. The zero-order valence-electron chi connectivity index (χ0n) is 18.7. The highest BCUT2D eigenvalue weighted by Crippen LogP contribution is 2.47. The van der Waals surface area contributed by atoms with Crippen molar-refractivity contribution in [3.05, 3.63) is 101 Å². The molecule has 2 aliphatic carbocycles. The Labute approximate surface area is 190 Å². The van der Waals surface area contributed by atoms with Crippen LogP contribution < -0.4 is 4.74 Å². The van der Waals surface area contributed by atoms with Crippen LogP contribution >= 0.6 is 0 Å². The standard InChI is InChI=1S/C29H32O3/c1-20-7-13-27-23(17-20)10-14-26(21-5-3-2-4-6-21)28(27)22-8-11-24(12-9-22)32-25-18-29(31,19-25)15-16-30/h2-9,11-13,17,25-26,28,30-31H,10,14-16,18-19H2,1H3/t25?,26-,28+,29?/m1/s1. The largest absolute Gasteiger partial charge is 0.490 e. The summed E-state index contributed by atoms with van der Waals surface area (Å²) < 4.78 is 6.09. The predicted molar refractivity (Wildman–Crippen MR) is 127 cm³/mol. The van der Waals surface area contributed by atoms with E-state index in [0.29, 0.717) is 31.1 Å². The Kier molecular flexibility index (Phi) is 5.79. The summed E-state index contributed by atoms with van der Waals surface area (Å²) >= 11 is 0. The van der Waals surface area contributed by atoms with Crippen molar-refractivity contribution in [2.24, 2.45) is 0 Å². The molecule has 0 heterocycles. The van der Waals surface area contributed by atoms with Gasteiger partial charge in [-0.15, -0.1) is 0 Å². The number of hydrogen-bond acceptors (Lipinski definition) is 3. The van der Waals surface area contributed by atoms with E-state index in [1.807, 2.05) is 0 Å². The maximum atomic E-state index is 10.3. The molecule has 0 bridgehead atoms. The number of aliphatic hydroxyl groups excluding tert-OH is 1. The van der Waals surface area contributed by atoms with Gasteiger partial charge in [0.1, 0.15) is 11.9 Å². The Morgan fingerprint density at radius 1 is 0.938 bits per heavy atom. The van der Waals surface area contributed by atoms with E-state index < -0.39 is 5.60 Å². The Morgan fingerprint density at radius 2 is 1.69 bits per heavy atom. The topological polar surface area (TPSA) is 49.7 Å². The number of ether oxygens (including phenoxy) is 1. The molecule has 2 aliphatic rings. The number of hydrogen-bond donors (Lipinski definition) is 2. The van der Waals surface area contributed by atoms with Gasteiger partial charge in [-0.1, -0.05) is 66.2 Å². The van der Waals surface area contributed by atoms with Gasteiger partial charge in [0.05, 0.1) is 5.60 Å². The molecule has 3 aromatic rings. The van der Waals surface area contributed by atoms with Crippen LogP contribution in [0.15, 0.2) is 72.8 Å². The summed E-state index contributed by atoms with van der Waals surface area (Å²) in [4.78, 5) is 0. The highest BCUT2D eigenvalue weighted by Gasteiger charge is 2.43. The molecule has 3 nitrogen and oxygen atoms in total. The van der Waals surface area contributed by atoms with E-state index in [1.165, 1.54) is 27.8 Å². The molecule has 5 rings (SSSR count). The highest BCUT2D eigenvalue weighted by molar-refractivity contribution is 5.47. The van der Waals surface area contributed by atoms with E-state index >= 15 is 0 Å². The number of aliphatic hydroxyl groups is 2. The van der Waals surface area contributed by atoms with Gasteiger partial charge in [0, 0.05) is 25.4 Å². The van der Waals surface area contributed by atoms with Crippen molar-refractivity contribution in [2.75, 3.05) is 6.61 Å². The lowest BCUT2D eigenvalue weighted by molar-refractivity contribution is -0.113. The van der Waals surface area contributed by atoms with Crippen LogP contribution in [0.5, 0.6) is 5.75 Å². The minimum atomic E-state index is -0.758. The third-order valence-corrected chi connectivity index (χ3v) is 7.32. The van der Waals surface area contributed by atoms with Crippen molar-refractivity contribution in [3.63, 3.8) is 0 Å². The van der Waals surface area contributed by atoms with E-state index in [1.54, 1.807) is 0 Å². The molecule has 0 aromatic heterocycles. The summed E-state index contributed by atoms with van der Waals surface area (Å²) in [6.45, 7) is 2.19.